The Labute approximate surface area is 158 Å². The summed E-state index contributed by atoms with van der Waals surface area (Å²) in [6, 6.07) is 7.00. The molecule has 2 aromatic rings. The number of benzene rings is 1. The van der Waals surface area contributed by atoms with Gasteiger partial charge in [-0.2, -0.15) is 0 Å². The molecule has 5 nitrogen and oxygen atoms in total. The van der Waals surface area contributed by atoms with Crippen LogP contribution < -0.4 is 9.47 Å². The lowest BCUT2D eigenvalue weighted by molar-refractivity contribution is -0.140. The van der Waals surface area contributed by atoms with Crippen LogP contribution in [0.15, 0.2) is 42.4 Å². The van der Waals surface area contributed by atoms with Crippen LogP contribution in [0.3, 0.4) is 0 Å². The molecule has 0 spiro atoms. The topological polar surface area (TPSA) is 65.5 Å². The number of fused-ring (bicyclic) bond motifs is 1. The summed E-state index contributed by atoms with van der Waals surface area (Å²) in [6.07, 6.45) is 10.1. The molecule has 2 aliphatic rings. The van der Waals surface area contributed by atoms with Crippen LogP contribution in [0.5, 0.6) is 11.5 Å². The monoisotopic (exact) mass is 363 g/mol. The Morgan fingerprint density at radius 3 is 2.78 bits per heavy atom. The van der Waals surface area contributed by atoms with Gasteiger partial charge in [-0.25, -0.2) is 0 Å². The Morgan fingerprint density at radius 1 is 1.22 bits per heavy atom. The highest BCUT2D eigenvalue weighted by Crippen LogP contribution is 2.39. The molecule has 0 saturated heterocycles. The second kappa shape index (κ2) is 7.35. The lowest BCUT2D eigenvalue weighted by Crippen LogP contribution is -2.23. The number of carbonyl (C=O) groups excluding carboxylic acids is 2. The van der Waals surface area contributed by atoms with E-state index in [0.29, 0.717) is 22.6 Å². The van der Waals surface area contributed by atoms with E-state index < -0.39 is 0 Å². The molecule has 138 valence electrons. The van der Waals surface area contributed by atoms with Gasteiger partial charge in [0.25, 0.3) is 0 Å². The highest BCUT2D eigenvalue weighted by Gasteiger charge is 2.31. The number of ether oxygens (including phenoxy) is 2. The van der Waals surface area contributed by atoms with E-state index in [-0.39, 0.29) is 23.4 Å². The first-order valence-electron chi connectivity index (χ1n) is 9.33. The molecule has 0 N–H and O–H groups in total. The number of rotatable bonds is 3. The Hall–Kier alpha value is -2.95. The Bertz CT molecular complexity index is 911. The van der Waals surface area contributed by atoms with Gasteiger partial charge >= 0.3 is 5.97 Å². The largest absolute Gasteiger partial charge is 0.452 e. The third kappa shape index (κ3) is 3.50. The number of Topliss-reactive ketones (excluding diaryl/α,β-unsaturated/α-hetero) is 1. The minimum Gasteiger partial charge on any atom is -0.452 e. The van der Waals surface area contributed by atoms with E-state index in [2.05, 4.69) is 4.98 Å². The summed E-state index contributed by atoms with van der Waals surface area (Å²) >= 11 is 0. The molecule has 1 fully saturated rings. The van der Waals surface area contributed by atoms with Crippen molar-refractivity contribution in [1.82, 2.24) is 4.98 Å². The molecular weight excluding hydrogens is 342 g/mol. The molecule has 0 radical (unpaired) electrons. The zero-order chi connectivity index (χ0) is 18.8. The second-order valence-electron chi connectivity index (χ2n) is 7.05. The summed E-state index contributed by atoms with van der Waals surface area (Å²) in [6.45, 7) is 1.81. The summed E-state index contributed by atoms with van der Waals surface area (Å²) < 4.78 is 11.5. The molecule has 4 rings (SSSR count). The summed E-state index contributed by atoms with van der Waals surface area (Å²) in [5.41, 5.74) is 1.94. The zero-order valence-electron chi connectivity index (χ0n) is 15.2. The maximum atomic E-state index is 12.6. The van der Waals surface area contributed by atoms with Crippen LogP contribution >= 0.6 is 0 Å². The number of ketones is 1. The Balaban J connectivity index is 1.57. The number of hydrogen-bond acceptors (Lipinski definition) is 5. The average Bonchev–Trinajstić information content (AvgIpc) is 3.02. The molecule has 0 unspecified atom stereocenters. The average molecular weight is 363 g/mol. The fourth-order valence-electron chi connectivity index (χ4n) is 3.62. The normalized spacial score (nSPS) is 18.3. The van der Waals surface area contributed by atoms with Crippen molar-refractivity contribution in [2.24, 2.45) is 5.92 Å². The van der Waals surface area contributed by atoms with Crippen molar-refractivity contribution in [3.63, 3.8) is 0 Å². The first-order chi connectivity index (χ1) is 13.1. The zero-order valence-corrected chi connectivity index (χ0v) is 15.2. The Morgan fingerprint density at radius 2 is 2.04 bits per heavy atom. The fraction of sp³-hybridized carbons (Fsp3) is 0.318. The third-order valence-corrected chi connectivity index (χ3v) is 5.17. The van der Waals surface area contributed by atoms with Gasteiger partial charge in [0, 0.05) is 18.0 Å². The number of carbonyl (C=O) groups is 2. The predicted octanol–water partition coefficient (Wildman–Crippen LogP) is 4.49. The van der Waals surface area contributed by atoms with Crippen LogP contribution in [-0.2, 0) is 4.79 Å². The minimum absolute atomic E-state index is 0.0324. The molecule has 0 atom stereocenters. The second-order valence-corrected chi connectivity index (χ2v) is 7.05. The maximum Gasteiger partial charge on any atom is 0.314 e. The molecule has 2 heterocycles. The van der Waals surface area contributed by atoms with E-state index in [9.17, 15) is 9.59 Å². The standard InChI is InChI=1S/C22H21NO4/c1-14-18(27-22(25)16-7-3-2-4-8-16)10-9-17-20(24)19(26-21(14)17)12-15-6-5-11-23-13-15/h5-6,9-13,16H,2-4,7-8H2,1H3/b19-12-. The van der Waals surface area contributed by atoms with Gasteiger partial charge in [-0.3, -0.25) is 14.6 Å². The third-order valence-electron chi connectivity index (χ3n) is 5.17. The highest BCUT2D eigenvalue weighted by atomic mass is 16.5. The summed E-state index contributed by atoms with van der Waals surface area (Å²) in [7, 11) is 0. The molecule has 1 saturated carbocycles. The van der Waals surface area contributed by atoms with Gasteiger partial charge in [0.1, 0.15) is 11.5 Å². The van der Waals surface area contributed by atoms with Gasteiger partial charge in [-0.15, -0.1) is 0 Å². The lowest BCUT2D eigenvalue weighted by Gasteiger charge is -2.20. The van der Waals surface area contributed by atoms with Gasteiger partial charge in [0.15, 0.2) is 5.76 Å². The highest BCUT2D eigenvalue weighted by molar-refractivity contribution is 6.15. The molecule has 1 aromatic heterocycles. The molecule has 1 aliphatic heterocycles. The molecule has 0 bridgehead atoms. The number of nitrogens with zero attached hydrogens (tertiary/aromatic N) is 1. The smallest absolute Gasteiger partial charge is 0.314 e. The summed E-state index contributed by atoms with van der Waals surface area (Å²) in [5.74, 6) is 0.769. The van der Waals surface area contributed by atoms with Crippen molar-refractivity contribution in [1.29, 1.82) is 0 Å². The van der Waals surface area contributed by atoms with Gasteiger partial charge in [0.2, 0.25) is 5.78 Å². The quantitative estimate of drug-likeness (QED) is 0.457. The number of aromatic nitrogens is 1. The van der Waals surface area contributed by atoms with Crippen molar-refractivity contribution in [3.8, 4) is 11.5 Å². The molecule has 0 amide bonds. The van der Waals surface area contributed by atoms with Gasteiger partial charge in [-0.1, -0.05) is 25.3 Å². The number of pyridine rings is 1. The van der Waals surface area contributed by atoms with E-state index in [1.54, 1.807) is 36.7 Å². The van der Waals surface area contributed by atoms with Gasteiger partial charge in [-0.05, 0) is 49.6 Å². The van der Waals surface area contributed by atoms with Crippen LogP contribution in [0.4, 0.5) is 0 Å². The molecule has 1 aliphatic carbocycles. The van der Waals surface area contributed by atoms with Crippen molar-refractivity contribution >= 4 is 17.8 Å². The number of allylic oxidation sites excluding steroid dienone is 1. The van der Waals surface area contributed by atoms with Crippen molar-refractivity contribution in [2.75, 3.05) is 0 Å². The molecular formula is C22H21NO4. The number of hydrogen-bond donors (Lipinski definition) is 0. The van der Waals surface area contributed by atoms with E-state index in [4.69, 9.17) is 9.47 Å². The van der Waals surface area contributed by atoms with Crippen LogP contribution in [0.1, 0.15) is 53.6 Å². The molecule has 27 heavy (non-hydrogen) atoms. The maximum absolute atomic E-state index is 12.6. The van der Waals surface area contributed by atoms with Crippen LogP contribution in [0, 0.1) is 12.8 Å². The predicted molar refractivity (Wildman–Crippen MR) is 101 cm³/mol. The van der Waals surface area contributed by atoms with Crippen molar-refractivity contribution in [3.05, 3.63) is 59.1 Å². The van der Waals surface area contributed by atoms with E-state index in [1.165, 1.54) is 6.42 Å². The lowest BCUT2D eigenvalue weighted by atomic mass is 9.89. The van der Waals surface area contributed by atoms with Crippen LogP contribution in [0.2, 0.25) is 0 Å². The molecule has 1 aromatic carbocycles. The van der Waals surface area contributed by atoms with Crippen LogP contribution in [-0.4, -0.2) is 16.7 Å². The molecule has 5 heteroatoms. The Kier molecular flexibility index (Phi) is 4.75. The SMILES string of the molecule is Cc1c(OC(=O)C2CCCCC2)ccc2c1O/C(=C\c1cccnc1)C2=O. The van der Waals surface area contributed by atoms with Crippen molar-refractivity contribution in [2.45, 2.75) is 39.0 Å². The number of esters is 1. The van der Waals surface area contributed by atoms with Crippen molar-refractivity contribution < 1.29 is 19.1 Å². The van der Waals surface area contributed by atoms with Crippen LogP contribution in [0.25, 0.3) is 6.08 Å². The van der Waals surface area contributed by atoms with E-state index in [0.717, 1.165) is 31.2 Å². The van der Waals surface area contributed by atoms with Gasteiger partial charge < -0.3 is 9.47 Å². The van der Waals surface area contributed by atoms with Gasteiger partial charge in [0.05, 0.1) is 11.5 Å². The summed E-state index contributed by atoms with van der Waals surface area (Å²) in [5, 5.41) is 0. The summed E-state index contributed by atoms with van der Waals surface area (Å²) in [4.78, 5) is 29.1. The first kappa shape index (κ1) is 17.5. The first-order valence-corrected chi connectivity index (χ1v) is 9.33. The fourth-order valence-corrected chi connectivity index (χ4v) is 3.62. The minimum atomic E-state index is -0.187. The van der Waals surface area contributed by atoms with E-state index in [1.807, 2.05) is 13.0 Å². The van der Waals surface area contributed by atoms with E-state index >= 15 is 0 Å².